The lowest BCUT2D eigenvalue weighted by Gasteiger charge is -2.32. The first-order valence-electron chi connectivity index (χ1n) is 6.85. The number of fused-ring (bicyclic) bond motifs is 1. The van der Waals surface area contributed by atoms with Crippen LogP contribution in [0.5, 0.6) is 5.75 Å². The number of carbonyl (C=O) groups is 3. The predicted molar refractivity (Wildman–Crippen MR) is 76.7 cm³/mol. The van der Waals surface area contributed by atoms with Crippen molar-refractivity contribution < 1.29 is 28.6 Å². The predicted octanol–water partition coefficient (Wildman–Crippen LogP) is 0.917. The molecule has 0 aliphatic carbocycles. The van der Waals surface area contributed by atoms with Gasteiger partial charge in [-0.05, 0) is 12.1 Å². The molecule has 0 radical (unpaired) electrons. The average molecular weight is 317 g/mol. The van der Waals surface area contributed by atoms with Crippen LogP contribution in [0.25, 0.3) is 0 Å². The lowest BCUT2D eigenvalue weighted by Crippen LogP contribution is -2.49. The molecule has 0 saturated carbocycles. The van der Waals surface area contributed by atoms with Crippen LogP contribution in [0.15, 0.2) is 24.3 Å². The third kappa shape index (κ3) is 3.22. The molecule has 7 nitrogen and oxygen atoms in total. The Kier molecular flexibility index (Phi) is 5.09. The summed E-state index contributed by atoms with van der Waals surface area (Å²) in [5.41, 5.74) is 0.283. The number of ether oxygens (including phenoxy) is 3. The van der Waals surface area contributed by atoms with Gasteiger partial charge in [-0.15, -0.1) is 0 Å². The second kappa shape index (κ2) is 7.03. The van der Waals surface area contributed by atoms with Crippen LogP contribution in [0.1, 0.15) is 16.8 Å². The maximum atomic E-state index is 12.4. The number of hydrogen-bond acceptors (Lipinski definition) is 7. The van der Waals surface area contributed by atoms with Gasteiger partial charge in [0.2, 0.25) is 0 Å². The molecule has 2 rings (SSSR count). The molecule has 1 aliphatic heterocycles. The van der Waals surface area contributed by atoms with Crippen LogP contribution in [-0.4, -0.2) is 44.0 Å². The Balaban J connectivity index is 2.33. The summed E-state index contributed by atoms with van der Waals surface area (Å²) in [5.74, 6) is -2.70. The smallest absolute Gasteiger partial charge is 0.313 e. The summed E-state index contributed by atoms with van der Waals surface area (Å²) in [6, 6.07) is 8.32. The fraction of sp³-hybridized carbons (Fsp3) is 0.375. The summed E-state index contributed by atoms with van der Waals surface area (Å²) in [6.45, 7) is 0. The SMILES string of the molecule is COC(=O)CC(=O)C(OC)C1Oc2ccccc2C(=O)C1C#N. The zero-order chi connectivity index (χ0) is 17.0. The number of rotatable bonds is 5. The van der Waals surface area contributed by atoms with E-state index in [-0.39, 0.29) is 11.3 Å². The third-order valence-electron chi connectivity index (χ3n) is 3.58. The number of esters is 1. The summed E-state index contributed by atoms with van der Waals surface area (Å²) < 4.78 is 15.2. The zero-order valence-corrected chi connectivity index (χ0v) is 12.6. The Hall–Kier alpha value is -2.72. The third-order valence-corrected chi connectivity index (χ3v) is 3.58. The molecule has 0 N–H and O–H groups in total. The van der Waals surface area contributed by atoms with E-state index >= 15 is 0 Å². The molecule has 120 valence electrons. The zero-order valence-electron chi connectivity index (χ0n) is 12.6. The molecular formula is C16H15NO6. The minimum Gasteiger partial charge on any atom is -0.485 e. The van der Waals surface area contributed by atoms with Crippen molar-refractivity contribution in [2.45, 2.75) is 18.6 Å². The number of para-hydroxylation sites is 1. The van der Waals surface area contributed by atoms with Gasteiger partial charge in [0.1, 0.15) is 18.1 Å². The molecular weight excluding hydrogens is 302 g/mol. The molecule has 1 heterocycles. The fourth-order valence-corrected chi connectivity index (χ4v) is 2.44. The first kappa shape index (κ1) is 16.6. The number of ketones is 2. The highest BCUT2D eigenvalue weighted by Gasteiger charge is 2.45. The average Bonchev–Trinajstić information content (AvgIpc) is 2.55. The van der Waals surface area contributed by atoms with E-state index in [0.29, 0.717) is 0 Å². The summed E-state index contributed by atoms with van der Waals surface area (Å²) in [4.78, 5) is 35.9. The number of methoxy groups -OCH3 is 2. The Morgan fingerprint density at radius 2 is 2.04 bits per heavy atom. The van der Waals surface area contributed by atoms with Crippen LogP contribution >= 0.6 is 0 Å². The molecule has 0 saturated heterocycles. The molecule has 1 aromatic carbocycles. The van der Waals surface area contributed by atoms with Crippen molar-refractivity contribution in [3.05, 3.63) is 29.8 Å². The van der Waals surface area contributed by atoms with Gasteiger partial charge in [0.15, 0.2) is 23.8 Å². The summed E-state index contributed by atoms with van der Waals surface area (Å²) >= 11 is 0. The second-order valence-electron chi connectivity index (χ2n) is 4.93. The van der Waals surface area contributed by atoms with Crippen LogP contribution in [0.2, 0.25) is 0 Å². The first-order chi connectivity index (χ1) is 11.0. The van der Waals surface area contributed by atoms with Crippen LogP contribution in [0.3, 0.4) is 0 Å². The van der Waals surface area contributed by atoms with Gasteiger partial charge in [0, 0.05) is 7.11 Å². The van der Waals surface area contributed by atoms with Crippen molar-refractivity contribution in [1.82, 2.24) is 0 Å². The van der Waals surface area contributed by atoms with E-state index in [0.717, 1.165) is 7.11 Å². The molecule has 3 atom stereocenters. The van der Waals surface area contributed by atoms with E-state index in [4.69, 9.17) is 9.47 Å². The van der Waals surface area contributed by atoms with Gasteiger partial charge in [-0.1, -0.05) is 12.1 Å². The molecule has 3 unspecified atom stereocenters. The van der Waals surface area contributed by atoms with Gasteiger partial charge in [-0.25, -0.2) is 0 Å². The number of nitrogens with zero attached hydrogens (tertiary/aromatic N) is 1. The molecule has 0 bridgehead atoms. The Labute approximate surface area is 132 Å². The van der Waals surface area contributed by atoms with Crippen LogP contribution in [0.4, 0.5) is 0 Å². The fourth-order valence-electron chi connectivity index (χ4n) is 2.44. The minimum atomic E-state index is -1.23. The van der Waals surface area contributed by atoms with Gasteiger partial charge in [0.25, 0.3) is 0 Å². The van der Waals surface area contributed by atoms with Crippen LogP contribution in [-0.2, 0) is 19.1 Å². The van der Waals surface area contributed by atoms with E-state index in [2.05, 4.69) is 4.74 Å². The van der Waals surface area contributed by atoms with Crippen molar-refractivity contribution in [2.24, 2.45) is 5.92 Å². The normalized spacial score (nSPS) is 20.7. The number of Topliss-reactive ketones (excluding diaryl/α,β-unsaturated/α-hetero) is 2. The molecule has 0 fully saturated rings. The van der Waals surface area contributed by atoms with E-state index in [1.807, 2.05) is 6.07 Å². The Morgan fingerprint density at radius 3 is 2.65 bits per heavy atom. The molecule has 7 heteroatoms. The van der Waals surface area contributed by atoms with E-state index in [1.165, 1.54) is 7.11 Å². The Morgan fingerprint density at radius 1 is 1.35 bits per heavy atom. The number of benzene rings is 1. The summed E-state index contributed by atoms with van der Waals surface area (Å²) in [6.07, 6.45) is -2.87. The molecule has 1 aliphatic rings. The minimum absolute atomic E-state index is 0.280. The van der Waals surface area contributed by atoms with Crippen molar-refractivity contribution in [3.63, 3.8) is 0 Å². The second-order valence-corrected chi connectivity index (χ2v) is 4.93. The number of hydrogen-bond donors (Lipinski definition) is 0. The van der Waals surface area contributed by atoms with Crippen molar-refractivity contribution in [3.8, 4) is 11.8 Å². The number of nitriles is 1. The van der Waals surface area contributed by atoms with E-state index in [1.54, 1.807) is 24.3 Å². The summed E-state index contributed by atoms with van der Waals surface area (Å²) in [7, 11) is 2.41. The standard InChI is InChI=1S/C16H15NO6/c1-21-13(19)7-11(18)16(22-2)15-10(8-17)14(20)9-5-3-4-6-12(9)23-15/h3-6,10,15-16H,7H2,1-2H3. The molecule has 0 amide bonds. The molecule has 0 aromatic heterocycles. The quantitative estimate of drug-likeness (QED) is 0.587. The Bertz CT molecular complexity index is 677. The molecule has 1 aromatic rings. The van der Waals surface area contributed by atoms with Gasteiger partial charge < -0.3 is 14.2 Å². The summed E-state index contributed by atoms with van der Waals surface area (Å²) in [5, 5.41) is 9.30. The number of carbonyl (C=O) groups excluding carboxylic acids is 3. The topological polar surface area (TPSA) is 103 Å². The lowest BCUT2D eigenvalue weighted by molar-refractivity contribution is -0.148. The highest BCUT2D eigenvalue weighted by atomic mass is 16.5. The maximum absolute atomic E-state index is 12.4. The lowest BCUT2D eigenvalue weighted by atomic mass is 9.86. The van der Waals surface area contributed by atoms with Crippen LogP contribution < -0.4 is 4.74 Å². The van der Waals surface area contributed by atoms with Gasteiger partial charge in [-0.2, -0.15) is 5.26 Å². The highest BCUT2D eigenvalue weighted by Crippen LogP contribution is 2.32. The van der Waals surface area contributed by atoms with Gasteiger partial charge >= 0.3 is 5.97 Å². The molecule has 23 heavy (non-hydrogen) atoms. The van der Waals surface area contributed by atoms with Crippen molar-refractivity contribution in [2.75, 3.05) is 14.2 Å². The van der Waals surface area contributed by atoms with Gasteiger partial charge in [0.05, 0.1) is 18.7 Å². The van der Waals surface area contributed by atoms with Crippen LogP contribution in [0, 0.1) is 17.2 Å². The van der Waals surface area contributed by atoms with E-state index < -0.39 is 42.1 Å². The molecule has 0 spiro atoms. The highest BCUT2D eigenvalue weighted by molar-refractivity contribution is 6.04. The van der Waals surface area contributed by atoms with Gasteiger partial charge in [-0.3, -0.25) is 14.4 Å². The van der Waals surface area contributed by atoms with E-state index in [9.17, 15) is 19.6 Å². The largest absolute Gasteiger partial charge is 0.485 e. The van der Waals surface area contributed by atoms with Crippen molar-refractivity contribution >= 4 is 17.5 Å². The monoisotopic (exact) mass is 317 g/mol. The maximum Gasteiger partial charge on any atom is 0.313 e. The first-order valence-corrected chi connectivity index (χ1v) is 6.85. The van der Waals surface area contributed by atoms with Crippen molar-refractivity contribution in [1.29, 1.82) is 5.26 Å².